The van der Waals surface area contributed by atoms with Crippen molar-refractivity contribution in [3.8, 4) is 11.4 Å². The van der Waals surface area contributed by atoms with Crippen LogP contribution in [0.2, 0.25) is 0 Å². The molecule has 1 amide bonds. The van der Waals surface area contributed by atoms with Gasteiger partial charge >= 0.3 is 0 Å². The van der Waals surface area contributed by atoms with Gasteiger partial charge in [-0.2, -0.15) is 4.31 Å². The number of methoxy groups -OCH3 is 1. The Hall–Kier alpha value is -2.89. The fraction of sp³-hybridized carbons (Fsp3) is 0.273. The number of ether oxygens (including phenoxy) is 1. The van der Waals surface area contributed by atoms with Crippen LogP contribution in [-0.4, -0.2) is 72.1 Å². The molecule has 1 aliphatic heterocycles. The van der Waals surface area contributed by atoms with E-state index in [1.165, 1.54) is 34.3 Å². The molecule has 0 saturated carbocycles. The van der Waals surface area contributed by atoms with Crippen molar-refractivity contribution in [1.82, 2.24) is 18.8 Å². The number of piperazine rings is 1. The summed E-state index contributed by atoms with van der Waals surface area (Å²) >= 11 is 1.32. The van der Waals surface area contributed by atoms with Crippen LogP contribution in [0.4, 0.5) is 4.39 Å². The lowest BCUT2D eigenvalue weighted by molar-refractivity contribution is -0.129. The molecule has 1 fully saturated rings. The lowest BCUT2D eigenvalue weighted by Gasteiger charge is -2.34. The van der Waals surface area contributed by atoms with Gasteiger partial charge < -0.3 is 9.64 Å². The smallest absolute Gasteiger partial charge is 0.243 e. The fourth-order valence-electron chi connectivity index (χ4n) is 3.51. The quantitative estimate of drug-likeness (QED) is 0.474. The van der Waals surface area contributed by atoms with Crippen LogP contribution in [0.3, 0.4) is 0 Å². The molecular formula is C22H23FN4O4S2. The van der Waals surface area contributed by atoms with Crippen LogP contribution < -0.4 is 4.74 Å². The van der Waals surface area contributed by atoms with E-state index in [2.05, 4.69) is 4.98 Å². The summed E-state index contributed by atoms with van der Waals surface area (Å²) in [6.07, 6.45) is 3.50. The Balaban J connectivity index is 1.34. The number of halogens is 1. The van der Waals surface area contributed by atoms with Gasteiger partial charge in [-0.15, -0.1) is 0 Å². The third-order valence-corrected chi connectivity index (χ3v) is 8.15. The first-order chi connectivity index (χ1) is 15.9. The SMILES string of the molecule is COc1ccc(-n2ccnc2SCC(=O)N2CCN(S(=O)(=O)c3cccc(F)c3)CC2)cc1. The largest absolute Gasteiger partial charge is 0.497 e. The topological polar surface area (TPSA) is 84.7 Å². The number of hydrogen-bond acceptors (Lipinski definition) is 6. The second-order valence-corrected chi connectivity index (χ2v) is 10.2. The van der Waals surface area contributed by atoms with Crippen molar-refractivity contribution in [1.29, 1.82) is 0 Å². The number of imidazole rings is 1. The van der Waals surface area contributed by atoms with Crippen molar-refractivity contribution < 1.29 is 22.3 Å². The van der Waals surface area contributed by atoms with E-state index >= 15 is 0 Å². The first-order valence-corrected chi connectivity index (χ1v) is 12.6. The lowest BCUT2D eigenvalue weighted by atomic mass is 10.3. The Bertz CT molecular complexity index is 1220. The number of sulfonamides is 1. The number of hydrogen-bond donors (Lipinski definition) is 0. The predicted octanol–water partition coefficient (Wildman–Crippen LogP) is 2.65. The molecule has 33 heavy (non-hydrogen) atoms. The van der Waals surface area contributed by atoms with Gasteiger partial charge in [-0.1, -0.05) is 17.8 Å². The van der Waals surface area contributed by atoms with Crippen LogP contribution in [0.15, 0.2) is 71.0 Å². The zero-order chi connectivity index (χ0) is 23.4. The van der Waals surface area contributed by atoms with Crippen LogP contribution in [0.5, 0.6) is 5.75 Å². The molecule has 2 aromatic carbocycles. The second kappa shape index (κ2) is 9.94. The molecule has 174 valence electrons. The third kappa shape index (κ3) is 5.21. The maximum atomic E-state index is 13.5. The van der Waals surface area contributed by atoms with E-state index in [1.54, 1.807) is 18.2 Å². The van der Waals surface area contributed by atoms with Crippen LogP contribution in [0.25, 0.3) is 5.69 Å². The summed E-state index contributed by atoms with van der Waals surface area (Å²) in [6.45, 7) is 0.882. The van der Waals surface area contributed by atoms with Crippen LogP contribution >= 0.6 is 11.8 Å². The summed E-state index contributed by atoms with van der Waals surface area (Å²) in [6, 6.07) is 12.5. The zero-order valence-electron chi connectivity index (χ0n) is 17.9. The molecule has 0 bridgehead atoms. The molecule has 0 unspecified atom stereocenters. The first kappa shape index (κ1) is 23.3. The summed E-state index contributed by atoms with van der Waals surface area (Å²) in [5.41, 5.74) is 0.902. The molecule has 3 aromatic rings. The van der Waals surface area contributed by atoms with Gasteiger partial charge in [0.1, 0.15) is 11.6 Å². The Morgan fingerprint density at radius 2 is 1.85 bits per heavy atom. The Morgan fingerprint density at radius 1 is 1.12 bits per heavy atom. The Morgan fingerprint density at radius 3 is 2.52 bits per heavy atom. The summed E-state index contributed by atoms with van der Waals surface area (Å²) in [5, 5.41) is 0.681. The molecule has 0 spiro atoms. The van der Waals surface area contributed by atoms with E-state index in [-0.39, 0.29) is 42.7 Å². The third-order valence-electron chi connectivity index (χ3n) is 5.31. The lowest BCUT2D eigenvalue weighted by Crippen LogP contribution is -2.51. The summed E-state index contributed by atoms with van der Waals surface area (Å²) in [5.74, 6) is 0.243. The van der Waals surface area contributed by atoms with Gasteiger partial charge in [0.15, 0.2) is 5.16 Å². The maximum absolute atomic E-state index is 13.5. The maximum Gasteiger partial charge on any atom is 0.243 e. The highest BCUT2D eigenvalue weighted by molar-refractivity contribution is 7.99. The highest BCUT2D eigenvalue weighted by Crippen LogP contribution is 2.23. The molecule has 4 rings (SSSR count). The average molecular weight is 491 g/mol. The Kier molecular flexibility index (Phi) is 7.01. The molecule has 11 heteroatoms. The minimum Gasteiger partial charge on any atom is -0.497 e. The zero-order valence-corrected chi connectivity index (χ0v) is 19.6. The molecule has 8 nitrogen and oxygen atoms in total. The molecule has 0 atom stereocenters. The van der Waals surface area contributed by atoms with Crippen LogP contribution in [0.1, 0.15) is 0 Å². The van der Waals surface area contributed by atoms with E-state index in [9.17, 15) is 17.6 Å². The molecule has 1 aliphatic rings. The highest BCUT2D eigenvalue weighted by atomic mass is 32.2. The van der Waals surface area contributed by atoms with Gasteiger partial charge in [0, 0.05) is 44.3 Å². The molecule has 0 N–H and O–H groups in total. The van der Waals surface area contributed by atoms with Gasteiger partial charge in [0.05, 0.1) is 17.8 Å². The molecule has 0 radical (unpaired) electrons. The minimum atomic E-state index is -3.79. The number of rotatable bonds is 7. The van der Waals surface area contributed by atoms with E-state index in [0.717, 1.165) is 17.5 Å². The summed E-state index contributed by atoms with van der Waals surface area (Å²) in [7, 11) is -2.19. The van der Waals surface area contributed by atoms with E-state index in [4.69, 9.17) is 4.74 Å². The van der Waals surface area contributed by atoms with Gasteiger partial charge in [-0.25, -0.2) is 17.8 Å². The minimum absolute atomic E-state index is 0.0804. The normalized spacial score (nSPS) is 14.9. The van der Waals surface area contributed by atoms with Crippen molar-refractivity contribution in [2.75, 3.05) is 39.0 Å². The van der Waals surface area contributed by atoms with Crippen molar-refractivity contribution in [2.45, 2.75) is 10.1 Å². The molecule has 1 saturated heterocycles. The van der Waals surface area contributed by atoms with Crippen molar-refractivity contribution >= 4 is 27.7 Å². The fourth-order valence-corrected chi connectivity index (χ4v) is 5.84. The van der Waals surface area contributed by atoms with E-state index in [0.29, 0.717) is 5.16 Å². The Labute approximate surface area is 196 Å². The van der Waals surface area contributed by atoms with Crippen LogP contribution in [0, 0.1) is 5.82 Å². The number of thioether (sulfide) groups is 1. The second-order valence-electron chi connectivity index (χ2n) is 7.31. The standard InChI is InChI=1S/C22H23FN4O4S2/c1-31-19-7-5-18(6-8-19)27-10-9-24-22(27)32-16-21(28)25-11-13-26(14-12-25)33(29,30)20-4-2-3-17(23)15-20/h2-10,15H,11-14,16H2,1H3. The van der Waals surface area contributed by atoms with Gasteiger partial charge in [-0.3, -0.25) is 9.36 Å². The number of nitrogens with zero attached hydrogens (tertiary/aromatic N) is 4. The van der Waals surface area contributed by atoms with Gasteiger partial charge in [-0.05, 0) is 42.5 Å². The van der Waals surface area contributed by atoms with E-state index < -0.39 is 15.8 Å². The summed E-state index contributed by atoms with van der Waals surface area (Å²) in [4.78, 5) is 18.6. The molecule has 0 aliphatic carbocycles. The summed E-state index contributed by atoms with van der Waals surface area (Å²) < 4.78 is 47.3. The van der Waals surface area contributed by atoms with Crippen LogP contribution in [-0.2, 0) is 14.8 Å². The van der Waals surface area contributed by atoms with Crippen molar-refractivity contribution in [3.05, 3.63) is 66.7 Å². The van der Waals surface area contributed by atoms with Gasteiger partial charge in [0.25, 0.3) is 0 Å². The highest BCUT2D eigenvalue weighted by Gasteiger charge is 2.30. The van der Waals surface area contributed by atoms with Gasteiger partial charge in [0.2, 0.25) is 15.9 Å². The van der Waals surface area contributed by atoms with Crippen molar-refractivity contribution in [2.24, 2.45) is 0 Å². The molecule has 1 aromatic heterocycles. The van der Waals surface area contributed by atoms with E-state index in [1.807, 2.05) is 35.0 Å². The average Bonchev–Trinajstić information content (AvgIpc) is 3.31. The number of aromatic nitrogens is 2. The number of benzene rings is 2. The van der Waals surface area contributed by atoms with Crippen molar-refractivity contribution in [3.63, 3.8) is 0 Å². The number of amides is 1. The first-order valence-electron chi connectivity index (χ1n) is 10.2. The molecular weight excluding hydrogens is 467 g/mol. The monoisotopic (exact) mass is 490 g/mol. The number of carbonyl (C=O) groups excluding carboxylic acids is 1. The number of carbonyl (C=O) groups is 1. The molecule has 2 heterocycles. The predicted molar refractivity (Wildman–Crippen MR) is 123 cm³/mol.